The van der Waals surface area contributed by atoms with Crippen LogP contribution in [0.1, 0.15) is 16.2 Å². The van der Waals surface area contributed by atoms with Crippen LogP contribution in [0.5, 0.6) is 11.5 Å². The van der Waals surface area contributed by atoms with E-state index in [-0.39, 0.29) is 5.91 Å². The lowest BCUT2D eigenvalue weighted by atomic mass is 10.1. The second kappa shape index (κ2) is 8.38. The number of methoxy groups -OCH3 is 2. The number of para-hydroxylation sites is 1. The van der Waals surface area contributed by atoms with E-state index in [0.29, 0.717) is 27.9 Å². The van der Waals surface area contributed by atoms with E-state index in [4.69, 9.17) is 9.47 Å². The summed E-state index contributed by atoms with van der Waals surface area (Å²) in [4.78, 5) is 17.4. The van der Waals surface area contributed by atoms with Crippen molar-refractivity contribution in [3.63, 3.8) is 0 Å². The van der Waals surface area contributed by atoms with Gasteiger partial charge in [-0.1, -0.05) is 24.3 Å². The van der Waals surface area contributed by atoms with Gasteiger partial charge in [0.05, 0.1) is 25.6 Å². The Morgan fingerprint density at radius 3 is 2.50 bits per heavy atom. The Labute approximate surface area is 177 Å². The topological polar surface area (TPSA) is 78.3 Å². The number of nitrogens with one attached hydrogen (secondary N) is 1. The molecule has 30 heavy (non-hydrogen) atoms. The second-order valence-corrected chi connectivity index (χ2v) is 7.35. The van der Waals surface area contributed by atoms with Gasteiger partial charge >= 0.3 is 0 Å². The molecular formula is C22H20N4O3S. The van der Waals surface area contributed by atoms with Gasteiger partial charge in [-0.15, -0.1) is 11.3 Å². The Kier molecular flexibility index (Phi) is 5.49. The zero-order chi connectivity index (χ0) is 21.1. The van der Waals surface area contributed by atoms with Crippen LogP contribution in [0.3, 0.4) is 0 Å². The lowest BCUT2D eigenvalue weighted by Crippen LogP contribution is -2.14. The highest BCUT2D eigenvalue weighted by Crippen LogP contribution is 2.34. The van der Waals surface area contributed by atoms with Crippen LogP contribution in [-0.2, 0) is 0 Å². The lowest BCUT2D eigenvalue weighted by Gasteiger charge is -2.09. The summed E-state index contributed by atoms with van der Waals surface area (Å²) in [6.07, 6.45) is 1.83. The van der Waals surface area contributed by atoms with Crippen molar-refractivity contribution >= 4 is 22.4 Å². The van der Waals surface area contributed by atoms with Crippen LogP contribution in [0.25, 0.3) is 16.8 Å². The van der Waals surface area contributed by atoms with E-state index in [1.807, 2.05) is 61.0 Å². The van der Waals surface area contributed by atoms with Crippen LogP contribution in [0.2, 0.25) is 0 Å². The summed E-state index contributed by atoms with van der Waals surface area (Å²) in [5, 5.41) is 9.82. The van der Waals surface area contributed by atoms with Crippen LogP contribution < -0.4 is 14.8 Å². The van der Waals surface area contributed by atoms with Crippen LogP contribution in [0.4, 0.5) is 5.13 Å². The van der Waals surface area contributed by atoms with Crippen LogP contribution in [0.15, 0.2) is 60.1 Å². The molecule has 152 valence electrons. The van der Waals surface area contributed by atoms with Crippen LogP contribution in [-0.4, -0.2) is 34.9 Å². The number of aryl methyl sites for hydroxylation is 1. The molecule has 2 heterocycles. The van der Waals surface area contributed by atoms with Gasteiger partial charge in [-0.2, -0.15) is 5.10 Å². The normalized spacial score (nSPS) is 10.6. The molecule has 0 radical (unpaired) electrons. The van der Waals surface area contributed by atoms with Gasteiger partial charge < -0.3 is 9.47 Å². The van der Waals surface area contributed by atoms with E-state index in [1.54, 1.807) is 25.0 Å². The molecule has 1 amide bonds. The molecule has 0 fully saturated rings. The fraction of sp³-hybridized carbons (Fsp3) is 0.136. The van der Waals surface area contributed by atoms with Crippen molar-refractivity contribution in [2.24, 2.45) is 0 Å². The van der Waals surface area contributed by atoms with Crippen molar-refractivity contribution in [3.05, 3.63) is 71.5 Å². The SMILES string of the molecule is COc1ccc(-c2cn(-c3ccccc3)nc2C(=O)Nc2nc(C)cs2)cc1OC. The summed E-state index contributed by atoms with van der Waals surface area (Å²) in [6, 6.07) is 15.1. The highest BCUT2D eigenvalue weighted by Gasteiger charge is 2.21. The minimum atomic E-state index is -0.330. The molecule has 0 spiro atoms. The van der Waals surface area contributed by atoms with E-state index >= 15 is 0 Å². The third-order valence-corrected chi connectivity index (χ3v) is 5.36. The van der Waals surface area contributed by atoms with Crippen LogP contribution >= 0.6 is 11.3 Å². The molecule has 0 aliphatic carbocycles. The molecule has 1 N–H and O–H groups in total. The summed E-state index contributed by atoms with van der Waals surface area (Å²) in [7, 11) is 3.16. The molecule has 4 rings (SSSR count). The molecule has 0 unspecified atom stereocenters. The maximum atomic E-state index is 13.1. The van der Waals surface area contributed by atoms with E-state index in [9.17, 15) is 4.79 Å². The van der Waals surface area contributed by atoms with Gasteiger partial charge in [0, 0.05) is 17.1 Å². The number of aromatic nitrogens is 3. The molecule has 0 atom stereocenters. The monoisotopic (exact) mass is 420 g/mol. The minimum Gasteiger partial charge on any atom is -0.493 e. The number of hydrogen-bond donors (Lipinski definition) is 1. The average molecular weight is 420 g/mol. The molecular weight excluding hydrogens is 400 g/mol. The number of carbonyl (C=O) groups excluding carboxylic acids is 1. The summed E-state index contributed by atoms with van der Waals surface area (Å²) < 4.78 is 12.4. The number of nitrogens with zero attached hydrogens (tertiary/aromatic N) is 3. The third kappa shape index (κ3) is 3.90. The Morgan fingerprint density at radius 2 is 1.83 bits per heavy atom. The number of anilines is 1. The van der Waals surface area contributed by atoms with Crippen molar-refractivity contribution < 1.29 is 14.3 Å². The highest BCUT2D eigenvalue weighted by molar-refractivity contribution is 7.13. The van der Waals surface area contributed by atoms with Gasteiger partial charge in [0.2, 0.25) is 0 Å². The average Bonchev–Trinajstić information content (AvgIpc) is 3.40. The Hall–Kier alpha value is -3.65. The minimum absolute atomic E-state index is 0.291. The standard InChI is InChI=1S/C22H20N4O3S/c1-14-13-30-22(23-14)24-21(27)20-17(12-26(25-20)16-7-5-4-6-8-16)15-9-10-18(28-2)19(11-15)29-3/h4-13H,1-3H3,(H,23,24,27). The van der Waals surface area contributed by atoms with Crippen LogP contribution in [0, 0.1) is 6.92 Å². The van der Waals surface area contributed by atoms with Gasteiger partial charge in [0.1, 0.15) is 0 Å². The van der Waals surface area contributed by atoms with E-state index in [1.165, 1.54) is 11.3 Å². The van der Waals surface area contributed by atoms with Gasteiger partial charge in [-0.25, -0.2) is 9.67 Å². The van der Waals surface area contributed by atoms with E-state index < -0.39 is 0 Å². The number of hydrogen-bond acceptors (Lipinski definition) is 6. The third-order valence-electron chi connectivity index (χ3n) is 4.48. The maximum absolute atomic E-state index is 13.1. The molecule has 0 saturated carbocycles. The number of amides is 1. The van der Waals surface area contributed by atoms with Gasteiger partial charge in [0.15, 0.2) is 22.3 Å². The van der Waals surface area contributed by atoms with Gasteiger partial charge in [-0.05, 0) is 36.8 Å². The predicted molar refractivity (Wildman–Crippen MR) is 117 cm³/mol. The number of benzene rings is 2. The summed E-state index contributed by atoms with van der Waals surface area (Å²) >= 11 is 1.37. The van der Waals surface area contributed by atoms with Crippen molar-refractivity contribution in [2.45, 2.75) is 6.92 Å². The number of thiazole rings is 1. The molecule has 0 bridgehead atoms. The molecule has 0 saturated heterocycles. The fourth-order valence-corrected chi connectivity index (χ4v) is 3.72. The van der Waals surface area contributed by atoms with Gasteiger partial charge in [-0.3, -0.25) is 10.1 Å². The van der Waals surface area contributed by atoms with Crippen molar-refractivity contribution in [1.82, 2.24) is 14.8 Å². The number of ether oxygens (including phenoxy) is 2. The summed E-state index contributed by atoms with van der Waals surface area (Å²) in [6.45, 7) is 1.88. The van der Waals surface area contributed by atoms with Crippen molar-refractivity contribution in [3.8, 4) is 28.3 Å². The van der Waals surface area contributed by atoms with E-state index in [2.05, 4.69) is 15.4 Å². The zero-order valence-corrected chi connectivity index (χ0v) is 17.6. The Morgan fingerprint density at radius 1 is 1.07 bits per heavy atom. The first-order valence-corrected chi connectivity index (χ1v) is 10.1. The second-order valence-electron chi connectivity index (χ2n) is 6.49. The van der Waals surface area contributed by atoms with E-state index in [0.717, 1.165) is 16.9 Å². The zero-order valence-electron chi connectivity index (χ0n) is 16.7. The lowest BCUT2D eigenvalue weighted by molar-refractivity contribution is 0.102. The molecule has 2 aromatic carbocycles. The summed E-state index contributed by atoms with van der Waals surface area (Å²) in [5.41, 5.74) is 3.45. The summed E-state index contributed by atoms with van der Waals surface area (Å²) in [5.74, 6) is 0.856. The largest absolute Gasteiger partial charge is 0.493 e. The predicted octanol–water partition coefficient (Wildman–Crippen LogP) is 4.57. The molecule has 4 aromatic rings. The Balaban J connectivity index is 1.79. The quantitative estimate of drug-likeness (QED) is 0.494. The molecule has 2 aromatic heterocycles. The maximum Gasteiger partial charge on any atom is 0.278 e. The number of carbonyl (C=O) groups is 1. The molecule has 0 aliphatic heterocycles. The first kappa shape index (κ1) is 19.7. The molecule has 8 heteroatoms. The first-order chi connectivity index (χ1) is 14.6. The smallest absolute Gasteiger partial charge is 0.278 e. The Bertz CT molecular complexity index is 1180. The van der Waals surface area contributed by atoms with Crippen molar-refractivity contribution in [1.29, 1.82) is 0 Å². The molecule has 0 aliphatic rings. The molecule has 7 nitrogen and oxygen atoms in total. The van der Waals surface area contributed by atoms with Gasteiger partial charge in [0.25, 0.3) is 5.91 Å². The number of rotatable bonds is 6. The fourth-order valence-electron chi connectivity index (χ4n) is 3.04. The first-order valence-electron chi connectivity index (χ1n) is 9.20. The highest BCUT2D eigenvalue weighted by atomic mass is 32.1. The van der Waals surface area contributed by atoms with Crippen molar-refractivity contribution in [2.75, 3.05) is 19.5 Å².